The molecular weight excluding hydrogens is 158 g/mol. The second kappa shape index (κ2) is 4.13. The van der Waals surface area contributed by atoms with Gasteiger partial charge in [-0.05, 0) is 0 Å². The van der Waals surface area contributed by atoms with E-state index in [4.69, 9.17) is 10.2 Å². The molecule has 0 spiro atoms. The maximum atomic E-state index is 9.91. The molecule has 0 rings (SSSR count). The maximum absolute atomic E-state index is 9.91. The first-order chi connectivity index (χ1) is 4.52. The van der Waals surface area contributed by atoms with Crippen molar-refractivity contribution in [1.29, 1.82) is 0 Å². The van der Waals surface area contributed by atoms with Crippen LogP contribution in [0.1, 0.15) is 0 Å². The van der Waals surface area contributed by atoms with Crippen LogP contribution in [-0.2, 0) is 9.59 Å². The Morgan fingerprint density at radius 3 is 1.70 bits per heavy atom. The Hall–Kier alpha value is -0.750. The van der Waals surface area contributed by atoms with Crippen molar-refractivity contribution in [3.8, 4) is 0 Å². The van der Waals surface area contributed by atoms with Gasteiger partial charge in [0.15, 0.2) is 0 Å². The van der Waals surface area contributed by atoms with Gasteiger partial charge in [0.25, 0.3) is 0 Å². The van der Waals surface area contributed by atoms with Gasteiger partial charge in [0.1, 0.15) is 13.1 Å². The quantitative estimate of drug-likeness (QED) is 0.480. The van der Waals surface area contributed by atoms with E-state index in [1.54, 1.807) is 0 Å². The van der Waals surface area contributed by atoms with Crippen LogP contribution in [0.15, 0.2) is 0 Å². The molecule has 0 saturated carbocycles. The van der Waals surface area contributed by atoms with Crippen LogP contribution < -0.4 is 0 Å². The van der Waals surface area contributed by atoms with E-state index in [1.165, 1.54) is 0 Å². The summed E-state index contributed by atoms with van der Waals surface area (Å²) in [4.78, 5) is 19.8. The van der Waals surface area contributed by atoms with Crippen molar-refractivity contribution in [3.05, 3.63) is 0 Å². The van der Waals surface area contributed by atoms with E-state index >= 15 is 0 Å². The molecule has 0 aliphatic rings. The normalized spacial score (nSPS) is 9.80. The SMILES string of the molecule is O=C(O)CN(S)CC(=O)O. The van der Waals surface area contributed by atoms with E-state index < -0.39 is 11.9 Å². The number of thiol groups is 1. The zero-order chi connectivity index (χ0) is 8.15. The van der Waals surface area contributed by atoms with Crippen LogP contribution in [0.3, 0.4) is 0 Å². The molecule has 0 heterocycles. The molecule has 10 heavy (non-hydrogen) atoms. The van der Waals surface area contributed by atoms with Crippen LogP contribution in [0.2, 0.25) is 0 Å². The van der Waals surface area contributed by atoms with Crippen molar-refractivity contribution in [2.45, 2.75) is 0 Å². The van der Waals surface area contributed by atoms with Gasteiger partial charge in [-0.15, -0.1) is 0 Å². The highest BCUT2D eigenvalue weighted by Gasteiger charge is 2.07. The fourth-order valence-electron chi connectivity index (χ4n) is 0.368. The molecule has 0 radical (unpaired) electrons. The van der Waals surface area contributed by atoms with Crippen LogP contribution in [0.4, 0.5) is 0 Å². The minimum atomic E-state index is -1.10. The summed E-state index contributed by atoms with van der Waals surface area (Å²) in [6.45, 7) is -0.759. The smallest absolute Gasteiger partial charge is 0.318 e. The minimum absolute atomic E-state index is 0.380. The second-order valence-corrected chi connectivity index (χ2v) is 2.18. The van der Waals surface area contributed by atoms with E-state index in [9.17, 15) is 9.59 Å². The Labute approximate surface area is 62.8 Å². The van der Waals surface area contributed by atoms with Crippen molar-refractivity contribution >= 4 is 24.8 Å². The fraction of sp³-hybridized carbons (Fsp3) is 0.500. The molecular formula is C4H7NO4S. The number of carboxylic acid groups (broad SMARTS) is 2. The summed E-state index contributed by atoms with van der Waals surface area (Å²) in [7, 11) is 0. The first kappa shape index (κ1) is 9.25. The van der Waals surface area contributed by atoms with E-state index in [0.717, 1.165) is 4.31 Å². The third-order valence-corrected chi connectivity index (χ3v) is 0.918. The van der Waals surface area contributed by atoms with Crippen molar-refractivity contribution in [1.82, 2.24) is 4.31 Å². The molecule has 2 N–H and O–H groups in total. The molecule has 0 aliphatic heterocycles. The number of aliphatic carboxylic acids is 2. The molecule has 0 aromatic carbocycles. The molecule has 5 nitrogen and oxygen atoms in total. The molecule has 0 aromatic rings. The second-order valence-electron chi connectivity index (χ2n) is 1.61. The maximum Gasteiger partial charge on any atom is 0.318 e. The van der Waals surface area contributed by atoms with Gasteiger partial charge in [0.2, 0.25) is 0 Å². The van der Waals surface area contributed by atoms with Crippen molar-refractivity contribution in [2.75, 3.05) is 13.1 Å². The highest BCUT2D eigenvalue weighted by atomic mass is 32.1. The molecule has 0 aromatic heterocycles. The lowest BCUT2D eigenvalue weighted by atomic mass is 10.6. The summed E-state index contributed by atoms with van der Waals surface area (Å²) in [5.41, 5.74) is 0. The van der Waals surface area contributed by atoms with Crippen LogP contribution in [0.25, 0.3) is 0 Å². The standard InChI is InChI=1S/C4H7NO4S/c6-3(7)1-5(10)2-4(8)9/h10H,1-2H2,(H,6,7)(H,8,9). The lowest BCUT2D eigenvalue weighted by molar-refractivity contribution is -0.139. The Balaban J connectivity index is 3.53. The first-order valence-electron chi connectivity index (χ1n) is 2.40. The van der Waals surface area contributed by atoms with Gasteiger partial charge in [-0.3, -0.25) is 9.59 Å². The van der Waals surface area contributed by atoms with Gasteiger partial charge in [0.05, 0.1) is 0 Å². The average Bonchev–Trinajstić information content (AvgIpc) is 1.58. The summed E-state index contributed by atoms with van der Waals surface area (Å²) >= 11 is 3.58. The number of nitrogens with zero attached hydrogens (tertiary/aromatic N) is 1. The molecule has 0 bridgehead atoms. The lowest BCUT2D eigenvalue weighted by Gasteiger charge is -2.07. The van der Waals surface area contributed by atoms with E-state index in [2.05, 4.69) is 12.8 Å². The number of hydrogen-bond donors (Lipinski definition) is 3. The number of carboxylic acids is 2. The predicted molar refractivity (Wildman–Crippen MR) is 35.8 cm³/mol. The summed E-state index contributed by atoms with van der Waals surface area (Å²) in [5, 5.41) is 16.2. The van der Waals surface area contributed by atoms with E-state index in [-0.39, 0.29) is 13.1 Å². The van der Waals surface area contributed by atoms with Crippen LogP contribution in [-0.4, -0.2) is 39.5 Å². The van der Waals surface area contributed by atoms with Gasteiger partial charge in [-0.1, -0.05) is 12.8 Å². The number of carbonyl (C=O) groups is 2. The summed E-state index contributed by atoms with van der Waals surface area (Å²) in [5.74, 6) is -2.20. The van der Waals surface area contributed by atoms with Crippen LogP contribution >= 0.6 is 12.8 Å². The topological polar surface area (TPSA) is 77.8 Å². The monoisotopic (exact) mass is 165 g/mol. The third-order valence-electron chi connectivity index (χ3n) is 0.636. The number of rotatable bonds is 4. The van der Waals surface area contributed by atoms with Crippen molar-refractivity contribution in [3.63, 3.8) is 0 Å². The zero-order valence-electron chi connectivity index (χ0n) is 5.02. The Bertz CT molecular complexity index is 132. The highest BCUT2D eigenvalue weighted by molar-refractivity contribution is 7.77. The lowest BCUT2D eigenvalue weighted by Crippen LogP contribution is -2.26. The molecule has 0 aliphatic carbocycles. The molecule has 0 fully saturated rings. The Morgan fingerprint density at radius 1 is 1.20 bits per heavy atom. The molecule has 0 saturated heterocycles. The molecule has 0 atom stereocenters. The predicted octanol–water partition coefficient (Wildman–Crippen LogP) is -0.698. The van der Waals surface area contributed by atoms with Gasteiger partial charge in [0, 0.05) is 0 Å². The summed E-state index contributed by atoms with van der Waals surface area (Å²) in [6.07, 6.45) is 0. The molecule has 58 valence electrons. The third kappa shape index (κ3) is 5.39. The van der Waals surface area contributed by atoms with E-state index in [1.807, 2.05) is 0 Å². The minimum Gasteiger partial charge on any atom is -0.480 e. The van der Waals surface area contributed by atoms with E-state index in [0.29, 0.717) is 0 Å². The van der Waals surface area contributed by atoms with Crippen LogP contribution in [0.5, 0.6) is 0 Å². The van der Waals surface area contributed by atoms with Gasteiger partial charge in [-0.25, -0.2) is 4.31 Å². The Morgan fingerprint density at radius 2 is 1.50 bits per heavy atom. The Kier molecular flexibility index (Phi) is 3.82. The zero-order valence-corrected chi connectivity index (χ0v) is 5.91. The summed E-state index contributed by atoms with van der Waals surface area (Å²) in [6, 6.07) is 0. The van der Waals surface area contributed by atoms with Crippen molar-refractivity contribution < 1.29 is 19.8 Å². The molecule has 0 unspecified atom stereocenters. The highest BCUT2D eigenvalue weighted by Crippen LogP contribution is 1.90. The first-order valence-corrected chi connectivity index (χ1v) is 2.80. The largest absolute Gasteiger partial charge is 0.480 e. The van der Waals surface area contributed by atoms with Gasteiger partial charge >= 0.3 is 11.9 Å². The fourth-order valence-corrected chi connectivity index (χ4v) is 0.610. The van der Waals surface area contributed by atoms with Crippen molar-refractivity contribution in [2.24, 2.45) is 0 Å². The molecule has 0 amide bonds. The van der Waals surface area contributed by atoms with Gasteiger partial charge < -0.3 is 10.2 Å². The summed E-state index contributed by atoms with van der Waals surface area (Å²) < 4.78 is 0.894. The molecule has 6 heteroatoms. The average molecular weight is 165 g/mol. The number of hydrogen-bond acceptors (Lipinski definition) is 4. The van der Waals surface area contributed by atoms with Gasteiger partial charge in [-0.2, -0.15) is 0 Å². The van der Waals surface area contributed by atoms with Crippen LogP contribution in [0, 0.1) is 0 Å².